The van der Waals surface area contributed by atoms with Crippen LogP contribution >= 0.6 is 0 Å². The molecule has 3 rings (SSSR count). The summed E-state index contributed by atoms with van der Waals surface area (Å²) in [5.74, 6) is 1.21. The maximum Gasteiger partial charge on any atom is 0.241 e. The van der Waals surface area contributed by atoms with Crippen LogP contribution in [0, 0.1) is 0 Å². The molecular weight excluding hydrogens is 306 g/mol. The highest BCUT2D eigenvalue weighted by Crippen LogP contribution is 2.18. The lowest BCUT2D eigenvalue weighted by Gasteiger charge is -2.41. The van der Waals surface area contributed by atoms with Gasteiger partial charge < -0.3 is 9.63 Å². The maximum atomic E-state index is 9.64. The molecule has 1 N–H and O–H groups in total. The summed E-state index contributed by atoms with van der Waals surface area (Å²) >= 11 is 0. The molecule has 1 fully saturated rings. The van der Waals surface area contributed by atoms with Crippen LogP contribution in [0.4, 0.5) is 0 Å². The Morgan fingerprint density at radius 3 is 3.00 bits per heavy atom. The topological polar surface area (TPSA) is 78.5 Å². The van der Waals surface area contributed by atoms with Gasteiger partial charge >= 0.3 is 0 Å². The first-order valence-electron chi connectivity index (χ1n) is 8.53. The van der Waals surface area contributed by atoms with Gasteiger partial charge in [-0.15, -0.1) is 0 Å². The molecule has 7 heteroatoms. The van der Waals surface area contributed by atoms with E-state index in [1.54, 1.807) is 12.4 Å². The Labute approximate surface area is 142 Å². The Bertz CT molecular complexity index is 631. The molecule has 0 saturated carbocycles. The van der Waals surface area contributed by atoms with Crippen LogP contribution in [-0.2, 0) is 6.54 Å². The summed E-state index contributed by atoms with van der Waals surface area (Å²) in [5, 5.41) is 13.7. The number of hydrogen-bond acceptors (Lipinski definition) is 7. The Morgan fingerprint density at radius 2 is 2.29 bits per heavy atom. The number of aliphatic hydroxyl groups excluding tert-OH is 1. The zero-order valence-corrected chi connectivity index (χ0v) is 14.3. The van der Waals surface area contributed by atoms with Gasteiger partial charge in [0.1, 0.15) is 0 Å². The number of hydrogen-bond donors (Lipinski definition) is 1. The van der Waals surface area contributed by atoms with Crippen molar-refractivity contribution in [3.05, 3.63) is 30.4 Å². The molecule has 0 spiro atoms. The average Bonchev–Trinajstić information content (AvgIpc) is 3.05. The van der Waals surface area contributed by atoms with E-state index in [0.717, 1.165) is 38.2 Å². The van der Waals surface area contributed by atoms with Crippen molar-refractivity contribution in [1.29, 1.82) is 0 Å². The van der Waals surface area contributed by atoms with E-state index in [0.29, 0.717) is 24.3 Å². The summed E-state index contributed by atoms with van der Waals surface area (Å²) < 4.78 is 5.40. The van der Waals surface area contributed by atoms with E-state index in [1.807, 2.05) is 19.1 Å². The second-order valence-electron chi connectivity index (χ2n) is 6.39. The summed E-state index contributed by atoms with van der Waals surface area (Å²) in [6.07, 6.45) is 4.23. The maximum absolute atomic E-state index is 9.64. The number of nitrogens with zero attached hydrogens (tertiary/aromatic N) is 5. The number of rotatable bonds is 6. The third-order valence-corrected chi connectivity index (χ3v) is 4.41. The Balaban J connectivity index is 1.60. The molecular formula is C17H25N5O2. The van der Waals surface area contributed by atoms with E-state index < -0.39 is 0 Å². The lowest BCUT2D eigenvalue weighted by Crippen LogP contribution is -2.54. The van der Waals surface area contributed by atoms with E-state index in [2.05, 4.69) is 31.8 Å². The molecule has 1 aliphatic rings. The highest BCUT2D eigenvalue weighted by molar-refractivity contribution is 5.51. The molecule has 7 nitrogen and oxygen atoms in total. The predicted octanol–water partition coefficient (Wildman–Crippen LogP) is 1.41. The number of piperazine rings is 1. The Morgan fingerprint density at radius 1 is 1.42 bits per heavy atom. The molecule has 2 atom stereocenters. The van der Waals surface area contributed by atoms with Crippen LogP contribution < -0.4 is 0 Å². The van der Waals surface area contributed by atoms with Gasteiger partial charge in [-0.2, -0.15) is 4.98 Å². The molecule has 0 unspecified atom stereocenters. The second-order valence-corrected chi connectivity index (χ2v) is 6.39. The first-order valence-corrected chi connectivity index (χ1v) is 8.53. The molecule has 0 aliphatic carbocycles. The van der Waals surface area contributed by atoms with Crippen molar-refractivity contribution >= 4 is 0 Å². The highest BCUT2D eigenvalue weighted by Gasteiger charge is 2.27. The fourth-order valence-corrected chi connectivity index (χ4v) is 3.19. The molecule has 130 valence electrons. The van der Waals surface area contributed by atoms with E-state index in [4.69, 9.17) is 4.52 Å². The Kier molecular flexibility index (Phi) is 5.55. The predicted molar refractivity (Wildman–Crippen MR) is 90.1 cm³/mol. The zero-order valence-electron chi connectivity index (χ0n) is 14.3. The quantitative estimate of drug-likeness (QED) is 0.857. The lowest BCUT2D eigenvalue weighted by molar-refractivity contribution is 0.0302. The second kappa shape index (κ2) is 7.83. The summed E-state index contributed by atoms with van der Waals surface area (Å²) in [7, 11) is 0. The van der Waals surface area contributed by atoms with Crippen molar-refractivity contribution in [2.24, 2.45) is 0 Å². The van der Waals surface area contributed by atoms with Crippen molar-refractivity contribution in [2.45, 2.75) is 39.0 Å². The van der Waals surface area contributed by atoms with Crippen LogP contribution in [0.1, 0.15) is 26.2 Å². The number of aliphatic hydroxyl groups is 1. The highest BCUT2D eigenvalue weighted by atomic mass is 16.5. The van der Waals surface area contributed by atoms with Crippen LogP contribution in [0.25, 0.3) is 11.4 Å². The molecule has 24 heavy (non-hydrogen) atoms. The Hall–Kier alpha value is -1.83. The molecule has 1 saturated heterocycles. The molecule has 0 bridgehead atoms. The largest absolute Gasteiger partial charge is 0.392 e. The molecule has 2 aromatic rings. The normalized spacial score (nSPS) is 21.0. The molecule has 0 aromatic carbocycles. The van der Waals surface area contributed by atoms with E-state index in [9.17, 15) is 5.11 Å². The van der Waals surface area contributed by atoms with Crippen molar-refractivity contribution in [2.75, 3.05) is 26.2 Å². The van der Waals surface area contributed by atoms with Crippen LogP contribution in [0.5, 0.6) is 0 Å². The van der Waals surface area contributed by atoms with Gasteiger partial charge in [-0.3, -0.25) is 14.8 Å². The SMILES string of the molecule is CC[C@@H]1CN(Cc2nc(-c3cccnc3)no2)CCN1C[C@@H](C)O. The molecule has 0 amide bonds. The minimum Gasteiger partial charge on any atom is -0.392 e. The summed E-state index contributed by atoms with van der Waals surface area (Å²) in [6.45, 7) is 8.27. The molecule has 1 aliphatic heterocycles. The van der Waals surface area contributed by atoms with Crippen LogP contribution in [0.2, 0.25) is 0 Å². The third-order valence-electron chi connectivity index (χ3n) is 4.41. The van der Waals surface area contributed by atoms with Crippen molar-refractivity contribution in [1.82, 2.24) is 24.9 Å². The summed E-state index contributed by atoms with van der Waals surface area (Å²) in [4.78, 5) is 13.3. The van der Waals surface area contributed by atoms with Crippen molar-refractivity contribution in [3.8, 4) is 11.4 Å². The molecule has 0 radical (unpaired) electrons. The summed E-state index contributed by atoms with van der Waals surface area (Å²) in [6, 6.07) is 4.23. The minimum atomic E-state index is -0.288. The standard InChI is InChI=1S/C17H25N5O2/c1-3-15-11-21(7-8-22(15)10-13(2)23)12-16-19-17(20-24-16)14-5-4-6-18-9-14/h4-6,9,13,15,23H,3,7-8,10-12H2,1-2H3/t13-,15-/m1/s1. The first kappa shape index (κ1) is 17.0. The van der Waals surface area contributed by atoms with Gasteiger partial charge in [0.25, 0.3) is 0 Å². The van der Waals surface area contributed by atoms with Gasteiger partial charge in [-0.05, 0) is 25.5 Å². The van der Waals surface area contributed by atoms with E-state index in [-0.39, 0.29) is 6.10 Å². The van der Waals surface area contributed by atoms with Gasteiger partial charge in [0.05, 0.1) is 12.6 Å². The van der Waals surface area contributed by atoms with E-state index in [1.165, 1.54) is 0 Å². The van der Waals surface area contributed by atoms with Crippen molar-refractivity contribution < 1.29 is 9.63 Å². The van der Waals surface area contributed by atoms with Crippen molar-refractivity contribution in [3.63, 3.8) is 0 Å². The van der Waals surface area contributed by atoms with Gasteiger partial charge in [-0.1, -0.05) is 12.1 Å². The fraction of sp³-hybridized carbons (Fsp3) is 0.588. The number of β-amino-alcohol motifs (C(OH)–C–C–N with tert-alkyl or cyclic N) is 1. The summed E-state index contributed by atoms with van der Waals surface area (Å²) in [5.41, 5.74) is 0.862. The van der Waals surface area contributed by atoms with Crippen LogP contribution in [0.3, 0.4) is 0 Å². The van der Waals surface area contributed by atoms with Gasteiger partial charge in [0.15, 0.2) is 0 Å². The smallest absolute Gasteiger partial charge is 0.241 e. The van der Waals surface area contributed by atoms with Gasteiger partial charge in [-0.25, -0.2) is 0 Å². The van der Waals surface area contributed by atoms with Crippen LogP contribution in [0.15, 0.2) is 29.0 Å². The zero-order chi connectivity index (χ0) is 16.9. The minimum absolute atomic E-state index is 0.288. The van der Waals surface area contributed by atoms with Crippen LogP contribution in [-0.4, -0.2) is 68.4 Å². The molecule has 2 aromatic heterocycles. The van der Waals surface area contributed by atoms with Gasteiger partial charge in [0.2, 0.25) is 11.7 Å². The first-order chi connectivity index (χ1) is 11.7. The lowest BCUT2D eigenvalue weighted by atomic mass is 10.1. The fourth-order valence-electron chi connectivity index (χ4n) is 3.19. The van der Waals surface area contributed by atoms with Gasteiger partial charge in [0, 0.05) is 50.2 Å². The number of aromatic nitrogens is 3. The average molecular weight is 331 g/mol. The number of pyridine rings is 1. The monoisotopic (exact) mass is 331 g/mol. The third kappa shape index (κ3) is 4.17. The van der Waals surface area contributed by atoms with E-state index >= 15 is 0 Å². The molecule has 3 heterocycles.